The highest BCUT2D eigenvalue weighted by atomic mass is 32.1. The number of aromatic nitrogens is 1. The predicted molar refractivity (Wildman–Crippen MR) is 99.3 cm³/mol. The molecule has 0 fully saturated rings. The van der Waals surface area contributed by atoms with E-state index < -0.39 is 0 Å². The van der Waals surface area contributed by atoms with Crippen molar-refractivity contribution in [1.29, 1.82) is 0 Å². The molecule has 0 saturated heterocycles. The lowest BCUT2D eigenvalue weighted by Gasteiger charge is -2.06. The molecule has 5 N–H and O–H groups in total. The van der Waals surface area contributed by atoms with Crippen molar-refractivity contribution in [3.05, 3.63) is 70.6 Å². The number of nitrogens with two attached hydrogens (primary N) is 2. The molecule has 25 heavy (non-hydrogen) atoms. The van der Waals surface area contributed by atoms with Crippen LogP contribution in [0.2, 0.25) is 0 Å². The third-order valence-corrected chi connectivity index (χ3v) is 4.47. The van der Waals surface area contributed by atoms with Gasteiger partial charge in [0, 0.05) is 4.88 Å². The van der Waals surface area contributed by atoms with Gasteiger partial charge >= 0.3 is 0 Å². The molecule has 3 aromatic rings. The molecule has 0 aliphatic heterocycles. The van der Waals surface area contributed by atoms with E-state index in [-0.39, 0.29) is 17.5 Å². The van der Waals surface area contributed by atoms with E-state index in [9.17, 15) is 4.79 Å². The highest BCUT2D eigenvalue weighted by Gasteiger charge is 2.11. The summed E-state index contributed by atoms with van der Waals surface area (Å²) >= 11 is 1.49. The predicted octanol–water partition coefficient (Wildman–Crippen LogP) is 2.82. The Kier molecular flexibility index (Phi) is 5.15. The van der Waals surface area contributed by atoms with Crippen molar-refractivity contribution in [3.63, 3.8) is 0 Å². The molecule has 0 radical (unpaired) electrons. The molecule has 6 nitrogen and oxygen atoms in total. The summed E-state index contributed by atoms with van der Waals surface area (Å²) in [5, 5.41) is 3.62. The smallest absolute Gasteiger partial charge is 0.255 e. The van der Waals surface area contributed by atoms with Crippen molar-refractivity contribution in [2.75, 3.05) is 11.5 Å². The molecule has 0 saturated carbocycles. The fourth-order valence-corrected chi connectivity index (χ4v) is 3.00. The van der Waals surface area contributed by atoms with E-state index in [2.05, 4.69) is 10.3 Å². The molecule has 128 valence electrons. The topological polar surface area (TPSA) is 103 Å². The van der Waals surface area contributed by atoms with Gasteiger partial charge in [-0.2, -0.15) is 0 Å². The molecule has 0 spiro atoms. The molecular formula is C18H18N4O2S. The molecule has 0 aliphatic rings. The molecule has 0 aliphatic carbocycles. The Labute approximate surface area is 149 Å². The van der Waals surface area contributed by atoms with E-state index in [0.29, 0.717) is 18.7 Å². The van der Waals surface area contributed by atoms with Gasteiger partial charge in [-0.05, 0) is 29.8 Å². The highest BCUT2D eigenvalue weighted by molar-refractivity contribution is 7.13. The monoisotopic (exact) mass is 354 g/mol. The fraction of sp³-hybridized carbons (Fsp3) is 0.111. The Balaban J connectivity index is 1.53. The van der Waals surface area contributed by atoms with Gasteiger partial charge in [-0.3, -0.25) is 4.79 Å². The van der Waals surface area contributed by atoms with Crippen LogP contribution >= 0.6 is 11.3 Å². The van der Waals surface area contributed by atoms with Crippen LogP contribution in [0, 0.1) is 0 Å². The van der Waals surface area contributed by atoms with Gasteiger partial charge in [0.05, 0.1) is 12.1 Å². The summed E-state index contributed by atoms with van der Waals surface area (Å²) in [6, 6.07) is 16.9. The van der Waals surface area contributed by atoms with Crippen LogP contribution < -0.4 is 21.5 Å². The van der Waals surface area contributed by atoms with Crippen LogP contribution in [-0.4, -0.2) is 10.9 Å². The number of anilines is 2. The SMILES string of the molecule is Nc1ccc(C(=O)NCc2ccc(OCc3ccccc3)s2)c(N)n1. The maximum Gasteiger partial charge on any atom is 0.255 e. The second-order valence-electron chi connectivity index (χ2n) is 5.35. The minimum atomic E-state index is -0.287. The normalized spacial score (nSPS) is 10.4. The Bertz CT molecular complexity index is 865. The maximum atomic E-state index is 12.2. The standard InChI is InChI=1S/C18H18N4O2S/c19-15-8-7-14(17(20)22-15)18(23)21-10-13-6-9-16(25-13)24-11-12-4-2-1-3-5-12/h1-9H,10-11H2,(H,21,23)(H4,19,20,22). The summed E-state index contributed by atoms with van der Waals surface area (Å²) in [4.78, 5) is 17.0. The zero-order valence-corrected chi connectivity index (χ0v) is 14.3. The number of nitrogens with one attached hydrogen (secondary N) is 1. The van der Waals surface area contributed by atoms with Crippen LogP contribution in [-0.2, 0) is 13.2 Å². The fourth-order valence-electron chi connectivity index (χ4n) is 2.20. The number of nitrogen functional groups attached to an aromatic ring is 2. The number of nitrogens with zero attached hydrogens (tertiary/aromatic N) is 1. The molecule has 2 aromatic heterocycles. The Morgan fingerprint density at radius 2 is 1.88 bits per heavy atom. The van der Waals surface area contributed by atoms with Gasteiger partial charge in [-0.1, -0.05) is 30.3 Å². The summed E-state index contributed by atoms with van der Waals surface area (Å²) in [7, 11) is 0. The molecule has 0 unspecified atom stereocenters. The summed E-state index contributed by atoms with van der Waals surface area (Å²) in [5.41, 5.74) is 12.7. The number of ether oxygens (including phenoxy) is 1. The van der Waals surface area contributed by atoms with Gasteiger partial charge < -0.3 is 21.5 Å². The summed E-state index contributed by atoms with van der Waals surface area (Å²) < 4.78 is 5.76. The van der Waals surface area contributed by atoms with E-state index in [1.807, 2.05) is 42.5 Å². The first-order valence-electron chi connectivity index (χ1n) is 7.67. The van der Waals surface area contributed by atoms with Crippen molar-refractivity contribution in [2.24, 2.45) is 0 Å². The van der Waals surface area contributed by atoms with Gasteiger partial charge in [-0.25, -0.2) is 4.98 Å². The number of carbonyl (C=O) groups is 1. The quantitative estimate of drug-likeness (QED) is 0.631. The van der Waals surface area contributed by atoms with Crippen LogP contribution in [0.25, 0.3) is 0 Å². The average molecular weight is 354 g/mol. The van der Waals surface area contributed by atoms with Crippen molar-refractivity contribution < 1.29 is 9.53 Å². The van der Waals surface area contributed by atoms with Crippen molar-refractivity contribution in [3.8, 4) is 5.06 Å². The van der Waals surface area contributed by atoms with Crippen molar-refractivity contribution in [1.82, 2.24) is 10.3 Å². The van der Waals surface area contributed by atoms with E-state index in [0.717, 1.165) is 15.5 Å². The number of amides is 1. The molecule has 3 rings (SSSR count). The van der Waals surface area contributed by atoms with Gasteiger partial charge in [0.15, 0.2) is 5.06 Å². The minimum Gasteiger partial charge on any atom is -0.479 e. The zero-order valence-electron chi connectivity index (χ0n) is 13.4. The molecular weight excluding hydrogens is 336 g/mol. The van der Waals surface area contributed by atoms with E-state index in [1.54, 1.807) is 12.1 Å². The number of hydrogen-bond donors (Lipinski definition) is 3. The summed E-state index contributed by atoms with van der Waals surface area (Å²) in [6.07, 6.45) is 0. The molecule has 2 heterocycles. The first kappa shape index (κ1) is 16.8. The lowest BCUT2D eigenvalue weighted by molar-refractivity contribution is 0.0952. The van der Waals surface area contributed by atoms with E-state index in [1.165, 1.54) is 11.3 Å². The maximum absolute atomic E-state index is 12.2. The number of pyridine rings is 1. The van der Waals surface area contributed by atoms with Crippen LogP contribution in [0.4, 0.5) is 11.6 Å². The molecule has 0 atom stereocenters. The zero-order chi connectivity index (χ0) is 17.6. The molecule has 0 bridgehead atoms. The summed E-state index contributed by atoms with van der Waals surface area (Å²) in [5.74, 6) is 0.119. The van der Waals surface area contributed by atoms with Crippen molar-refractivity contribution >= 4 is 28.9 Å². The van der Waals surface area contributed by atoms with E-state index in [4.69, 9.17) is 16.2 Å². The third-order valence-electron chi connectivity index (χ3n) is 3.47. The van der Waals surface area contributed by atoms with Gasteiger partial charge in [0.25, 0.3) is 5.91 Å². The van der Waals surface area contributed by atoms with Crippen LogP contribution in [0.3, 0.4) is 0 Å². The Hall–Kier alpha value is -3.06. The largest absolute Gasteiger partial charge is 0.479 e. The lowest BCUT2D eigenvalue weighted by atomic mass is 10.2. The Morgan fingerprint density at radius 3 is 2.64 bits per heavy atom. The number of carbonyl (C=O) groups excluding carboxylic acids is 1. The lowest BCUT2D eigenvalue weighted by Crippen LogP contribution is -2.23. The third kappa shape index (κ3) is 4.48. The van der Waals surface area contributed by atoms with Crippen LogP contribution in [0.1, 0.15) is 20.8 Å². The minimum absolute atomic E-state index is 0.121. The number of rotatable bonds is 6. The van der Waals surface area contributed by atoms with Crippen LogP contribution in [0.15, 0.2) is 54.6 Å². The van der Waals surface area contributed by atoms with Gasteiger partial charge in [-0.15, -0.1) is 11.3 Å². The van der Waals surface area contributed by atoms with Crippen molar-refractivity contribution in [2.45, 2.75) is 13.2 Å². The van der Waals surface area contributed by atoms with Gasteiger partial charge in [0.1, 0.15) is 18.2 Å². The van der Waals surface area contributed by atoms with E-state index >= 15 is 0 Å². The van der Waals surface area contributed by atoms with Gasteiger partial charge in [0.2, 0.25) is 0 Å². The molecule has 1 aromatic carbocycles. The highest BCUT2D eigenvalue weighted by Crippen LogP contribution is 2.25. The molecule has 1 amide bonds. The first-order valence-corrected chi connectivity index (χ1v) is 8.49. The number of thiophene rings is 1. The Morgan fingerprint density at radius 1 is 1.08 bits per heavy atom. The molecule has 7 heteroatoms. The van der Waals surface area contributed by atoms with Crippen LogP contribution in [0.5, 0.6) is 5.06 Å². The second kappa shape index (κ2) is 7.67. The number of hydrogen-bond acceptors (Lipinski definition) is 6. The number of benzene rings is 1. The average Bonchev–Trinajstić information content (AvgIpc) is 3.07. The second-order valence-corrected chi connectivity index (χ2v) is 6.48. The first-order chi connectivity index (χ1) is 12.1. The summed E-state index contributed by atoms with van der Waals surface area (Å²) in [6.45, 7) is 0.906.